The Morgan fingerprint density at radius 1 is 1.36 bits per heavy atom. The number of nitrogens with zero attached hydrogens (tertiary/aromatic N) is 2. The van der Waals surface area contributed by atoms with Crippen LogP contribution in [0.1, 0.15) is 18.3 Å². The maximum absolute atomic E-state index is 5.18. The predicted octanol–water partition coefficient (Wildman–Crippen LogP) is 1.32. The molecular weight excluding hydrogens is 140 g/mol. The zero-order valence-corrected chi connectivity index (χ0v) is 6.87. The highest BCUT2D eigenvalue weighted by atomic mass is 16.5. The molecule has 1 heterocycles. The van der Waals surface area contributed by atoms with Crippen LogP contribution in [0.5, 0.6) is 0 Å². The molecule has 0 aliphatic heterocycles. The fourth-order valence-corrected chi connectivity index (χ4v) is 0.714. The van der Waals surface area contributed by atoms with E-state index in [1.54, 1.807) is 12.4 Å². The summed E-state index contributed by atoms with van der Waals surface area (Å²) in [5.41, 5.74) is 1.03. The van der Waals surface area contributed by atoms with Crippen molar-refractivity contribution in [2.24, 2.45) is 0 Å². The molecule has 1 aromatic rings. The third-order valence-corrected chi connectivity index (χ3v) is 1.31. The first-order chi connectivity index (χ1) is 5.33. The minimum absolute atomic E-state index is 0.608. The topological polar surface area (TPSA) is 35.0 Å². The van der Waals surface area contributed by atoms with Crippen molar-refractivity contribution < 1.29 is 4.74 Å². The molecule has 0 spiro atoms. The second-order valence-electron chi connectivity index (χ2n) is 2.28. The van der Waals surface area contributed by atoms with E-state index in [4.69, 9.17) is 4.74 Å². The number of ether oxygens (including phenoxy) is 1. The number of hydrogen-bond acceptors (Lipinski definition) is 3. The summed E-state index contributed by atoms with van der Waals surface area (Å²) >= 11 is 0. The van der Waals surface area contributed by atoms with Crippen LogP contribution in [-0.4, -0.2) is 16.6 Å². The van der Waals surface area contributed by atoms with Gasteiger partial charge in [0.2, 0.25) is 0 Å². The average molecular weight is 152 g/mol. The Kier molecular flexibility index (Phi) is 2.98. The largest absolute Gasteiger partial charge is 0.377 e. The Labute approximate surface area is 66.4 Å². The number of rotatable bonds is 3. The smallest absolute Gasteiger partial charge is 0.125 e. The molecule has 0 bridgehead atoms. The van der Waals surface area contributed by atoms with Gasteiger partial charge in [-0.3, -0.25) is 0 Å². The van der Waals surface area contributed by atoms with Crippen LogP contribution < -0.4 is 0 Å². The summed E-state index contributed by atoms with van der Waals surface area (Å²) in [7, 11) is 0. The first-order valence-corrected chi connectivity index (χ1v) is 3.68. The molecule has 0 saturated heterocycles. The Balaban J connectivity index is 2.52. The number of aryl methyl sites for hydroxylation is 1. The van der Waals surface area contributed by atoms with Gasteiger partial charge in [0.05, 0.1) is 6.61 Å². The van der Waals surface area contributed by atoms with Crippen LogP contribution in [0.2, 0.25) is 0 Å². The summed E-state index contributed by atoms with van der Waals surface area (Å²) in [4.78, 5) is 8.08. The average Bonchev–Trinajstić information content (AvgIpc) is 2.04. The monoisotopic (exact) mass is 152 g/mol. The van der Waals surface area contributed by atoms with Crippen molar-refractivity contribution in [2.45, 2.75) is 20.5 Å². The lowest BCUT2D eigenvalue weighted by atomic mass is 10.4. The van der Waals surface area contributed by atoms with E-state index in [9.17, 15) is 0 Å². The normalized spacial score (nSPS) is 10.0. The summed E-state index contributed by atoms with van der Waals surface area (Å²) in [6.45, 7) is 5.17. The third-order valence-electron chi connectivity index (χ3n) is 1.31. The van der Waals surface area contributed by atoms with Crippen LogP contribution in [0.3, 0.4) is 0 Å². The van der Waals surface area contributed by atoms with Gasteiger partial charge in [-0.1, -0.05) is 0 Å². The van der Waals surface area contributed by atoms with Crippen molar-refractivity contribution in [1.82, 2.24) is 9.97 Å². The van der Waals surface area contributed by atoms with Gasteiger partial charge < -0.3 is 4.74 Å². The molecule has 0 radical (unpaired) electrons. The van der Waals surface area contributed by atoms with E-state index in [-0.39, 0.29) is 0 Å². The van der Waals surface area contributed by atoms with Crippen molar-refractivity contribution in [1.29, 1.82) is 0 Å². The van der Waals surface area contributed by atoms with E-state index < -0.39 is 0 Å². The molecular formula is C8H12N2O. The molecule has 60 valence electrons. The lowest BCUT2D eigenvalue weighted by Gasteiger charge is -1.99. The summed E-state index contributed by atoms with van der Waals surface area (Å²) in [5, 5.41) is 0. The summed E-state index contributed by atoms with van der Waals surface area (Å²) in [6.07, 6.45) is 3.58. The molecule has 11 heavy (non-hydrogen) atoms. The van der Waals surface area contributed by atoms with E-state index in [1.165, 1.54) is 0 Å². The molecule has 1 aromatic heterocycles. The number of aromatic nitrogens is 2. The van der Waals surface area contributed by atoms with Gasteiger partial charge in [-0.25, -0.2) is 9.97 Å². The molecule has 3 heteroatoms. The Hall–Kier alpha value is -0.960. The van der Waals surface area contributed by atoms with Crippen LogP contribution in [0.15, 0.2) is 12.4 Å². The number of hydrogen-bond donors (Lipinski definition) is 0. The predicted molar refractivity (Wildman–Crippen MR) is 42.1 cm³/mol. The first-order valence-electron chi connectivity index (χ1n) is 3.68. The van der Waals surface area contributed by atoms with E-state index in [0.29, 0.717) is 6.61 Å². The third kappa shape index (κ3) is 2.63. The molecule has 1 rings (SSSR count). The van der Waals surface area contributed by atoms with Crippen molar-refractivity contribution in [3.05, 3.63) is 23.8 Å². The van der Waals surface area contributed by atoms with Crippen LogP contribution in [-0.2, 0) is 11.3 Å². The van der Waals surface area contributed by atoms with Gasteiger partial charge in [0.1, 0.15) is 5.82 Å². The van der Waals surface area contributed by atoms with Crippen LogP contribution >= 0.6 is 0 Å². The van der Waals surface area contributed by atoms with Crippen molar-refractivity contribution in [3.8, 4) is 0 Å². The standard InChI is InChI=1S/C8H12N2O/c1-3-11-6-8-4-9-7(2)10-5-8/h4-5H,3,6H2,1-2H3. The van der Waals surface area contributed by atoms with E-state index in [2.05, 4.69) is 9.97 Å². The van der Waals surface area contributed by atoms with Crippen LogP contribution in [0, 0.1) is 6.92 Å². The Morgan fingerprint density at radius 2 is 2.00 bits per heavy atom. The zero-order valence-electron chi connectivity index (χ0n) is 6.87. The minimum Gasteiger partial charge on any atom is -0.377 e. The molecule has 0 amide bonds. The van der Waals surface area contributed by atoms with Crippen LogP contribution in [0.4, 0.5) is 0 Å². The second-order valence-corrected chi connectivity index (χ2v) is 2.28. The van der Waals surface area contributed by atoms with Crippen molar-refractivity contribution in [3.63, 3.8) is 0 Å². The van der Waals surface area contributed by atoms with E-state index in [1.807, 2.05) is 13.8 Å². The molecule has 0 aliphatic carbocycles. The molecule has 3 nitrogen and oxygen atoms in total. The van der Waals surface area contributed by atoms with E-state index >= 15 is 0 Å². The van der Waals surface area contributed by atoms with Gasteiger partial charge in [0.25, 0.3) is 0 Å². The fraction of sp³-hybridized carbons (Fsp3) is 0.500. The minimum atomic E-state index is 0.608. The quantitative estimate of drug-likeness (QED) is 0.655. The van der Waals surface area contributed by atoms with Gasteiger partial charge in [-0.2, -0.15) is 0 Å². The molecule has 0 aromatic carbocycles. The van der Waals surface area contributed by atoms with Gasteiger partial charge in [-0.05, 0) is 13.8 Å². The molecule has 0 atom stereocenters. The van der Waals surface area contributed by atoms with Gasteiger partial charge in [0.15, 0.2) is 0 Å². The summed E-state index contributed by atoms with van der Waals surface area (Å²) in [5.74, 6) is 0.797. The Bertz CT molecular complexity index is 208. The van der Waals surface area contributed by atoms with E-state index in [0.717, 1.165) is 18.0 Å². The van der Waals surface area contributed by atoms with Gasteiger partial charge in [-0.15, -0.1) is 0 Å². The zero-order chi connectivity index (χ0) is 8.10. The molecule has 0 N–H and O–H groups in total. The SMILES string of the molecule is CCOCc1cnc(C)nc1. The second kappa shape index (κ2) is 4.03. The highest BCUT2D eigenvalue weighted by Crippen LogP contribution is 1.96. The maximum Gasteiger partial charge on any atom is 0.125 e. The molecule has 0 aliphatic rings. The maximum atomic E-state index is 5.18. The van der Waals surface area contributed by atoms with Gasteiger partial charge in [0, 0.05) is 24.6 Å². The van der Waals surface area contributed by atoms with Crippen LogP contribution in [0.25, 0.3) is 0 Å². The van der Waals surface area contributed by atoms with Crippen molar-refractivity contribution in [2.75, 3.05) is 6.61 Å². The van der Waals surface area contributed by atoms with Gasteiger partial charge >= 0.3 is 0 Å². The first kappa shape index (κ1) is 8.14. The highest BCUT2D eigenvalue weighted by Gasteiger charge is 1.92. The molecule has 0 fully saturated rings. The Morgan fingerprint density at radius 3 is 2.55 bits per heavy atom. The molecule has 0 unspecified atom stereocenters. The summed E-state index contributed by atoms with van der Waals surface area (Å²) < 4.78 is 5.18. The lowest BCUT2D eigenvalue weighted by Crippen LogP contribution is -1.95. The van der Waals surface area contributed by atoms with Crippen molar-refractivity contribution >= 4 is 0 Å². The molecule has 0 saturated carbocycles. The summed E-state index contributed by atoms with van der Waals surface area (Å²) in [6, 6.07) is 0. The highest BCUT2D eigenvalue weighted by molar-refractivity contribution is 5.02. The fourth-order valence-electron chi connectivity index (χ4n) is 0.714. The lowest BCUT2D eigenvalue weighted by molar-refractivity contribution is 0.133.